The third kappa shape index (κ3) is 3.58. The van der Waals surface area contributed by atoms with Gasteiger partial charge in [-0.15, -0.1) is 0 Å². The minimum Gasteiger partial charge on any atom is -0.208 e. The number of halogens is 1. The van der Waals surface area contributed by atoms with Crippen LogP contribution in [0.1, 0.15) is 38.7 Å². The summed E-state index contributed by atoms with van der Waals surface area (Å²) in [5.41, 5.74) is 1.01. The van der Waals surface area contributed by atoms with E-state index in [1.165, 1.54) is 0 Å². The molecule has 1 unspecified atom stereocenters. The van der Waals surface area contributed by atoms with Crippen molar-refractivity contribution in [2.45, 2.75) is 51.0 Å². The second-order valence-corrected chi connectivity index (χ2v) is 8.73. The molecule has 2 rings (SSSR count). The van der Waals surface area contributed by atoms with Crippen LogP contribution in [-0.2, 0) is 10.0 Å². The lowest BCUT2D eigenvalue weighted by Crippen LogP contribution is -2.33. The monoisotopic (exact) mass is 345 g/mol. The fourth-order valence-electron chi connectivity index (χ4n) is 2.68. The lowest BCUT2D eigenvalue weighted by molar-refractivity contribution is 0.372. The van der Waals surface area contributed by atoms with Crippen molar-refractivity contribution >= 4 is 26.0 Å². The molecule has 1 aliphatic rings. The van der Waals surface area contributed by atoms with Gasteiger partial charge in [-0.05, 0) is 49.3 Å². The first-order chi connectivity index (χ1) is 8.70. The van der Waals surface area contributed by atoms with E-state index in [0.717, 1.165) is 29.3 Å². The van der Waals surface area contributed by atoms with Crippen molar-refractivity contribution in [2.24, 2.45) is 5.41 Å². The maximum Gasteiger partial charge on any atom is 0.241 e. The minimum absolute atomic E-state index is 0.0541. The molecule has 1 N–H and O–H groups in total. The molecule has 1 aromatic rings. The molecule has 1 atom stereocenters. The second kappa shape index (κ2) is 5.19. The Bertz CT molecular complexity index is 581. The first-order valence-electron chi connectivity index (χ1n) is 6.48. The predicted molar refractivity (Wildman–Crippen MR) is 80.6 cm³/mol. The quantitative estimate of drug-likeness (QED) is 0.909. The number of hydrogen-bond acceptors (Lipinski definition) is 2. The maximum absolute atomic E-state index is 12.4. The third-order valence-electron chi connectivity index (χ3n) is 3.73. The Morgan fingerprint density at radius 2 is 2.05 bits per heavy atom. The van der Waals surface area contributed by atoms with E-state index in [1.807, 2.05) is 19.1 Å². The normalized spacial score (nSPS) is 22.6. The van der Waals surface area contributed by atoms with Gasteiger partial charge >= 0.3 is 0 Å². The number of aryl methyl sites for hydroxylation is 1. The SMILES string of the molecule is Cc1ccc(Br)cc1S(=O)(=O)NC1CCC(C)(C)C1. The summed E-state index contributed by atoms with van der Waals surface area (Å²) in [5.74, 6) is 0. The Hall–Kier alpha value is -0.390. The molecular weight excluding hydrogens is 326 g/mol. The highest BCUT2D eigenvalue weighted by atomic mass is 79.9. The predicted octanol–water partition coefficient (Wildman–Crippen LogP) is 3.61. The average Bonchev–Trinajstić information content (AvgIpc) is 2.60. The van der Waals surface area contributed by atoms with Crippen LogP contribution in [0.15, 0.2) is 27.6 Å². The van der Waals surface area contributed by atoms with Crippen molar-refractivity contribution in [2.75, 3.05) is 0 Å². The summed E-state index contributed by atoms with van der Waals surface area (Å²) in [6.07, 6.45) is 2.89. The van der Waals surface area contributed by atoms with Gasteiger partial charge in [0.15, 0.2) is 0 Å². The highest BCUT2D eigenvalue weighted by molar-refractivity contribution is 9.10. The molecule has 0 aromatic heterocycles. The molecule has 1 aromatic carbocycles. The van der Waals surface area contributed by atoms with Crippen molar-refractivity contribution in [3.05, 3.63) is 28.2 Å². The first kappa shape index (κ1) is 15.0. The topological polar surface area (TPSA) is 46.2 Å². The van der Waals surface area contributed by atoms with Crippen LogP contribution in [0.3, 0.4) is 0 Å². The van der Waals surface area contributed by atoms with E-state index in [2.05, 4.69) is 34.5 Å². The van der Waals surface area contributed by atoms with Crippen LogP contribution in [0.5, 0.6) is 0 Å². The van der Waals surface area contributed by atoms with Crippen molar-refractivity contribution in [1.29, 1.82) is 0 Å². The lowest BCUT2D eigenvalue weighted by atomic mass is 9.92. The average molecular weight is 346 g/mol. The zero-order chi connectivity index (χ0) is 14.3. The van der Waals surface area contributed by atoms with Gasteiger partial charge in [-0.25, -0.2) is 13.1 Å². The summed E-state index contributed by atoms with van der Waals surface area (Å²) < 4.78 is 28.5. The van der Waals surface area contributed by atoms with E-state index >= 15 is 0 Å². The molecule has 0 saturated heterocycles. The Morgan fingerprint density at radius 1 is 1.37 bits per heavy atom. The number of rotatable bonds is 3. The molecule has 1 aliphatic carbocycles. The van der Waals surface area contributed by atoms with Crippen molar-refractivity contribution in [1.82, 2.24) is 4.72 Å². The molecule has 0 heterocycles. The molecule has 0 bridgehead atoms. The highest BCUT2D eigenvalue weighted by Gasteiger charge is 2.33. The van der Waals surface area contributed by atoms with E-state index in [4.69, 9.17) is 0 Å². The zero-order valence-electron chi connectivity index (χ0n) is 11.5. The summed E-state index contributed by atoms with van der Waals surface area (Å²) in [4.78, 5) is 0.367. The van der Waals surface area contributed by atoms with Gasteiger partial charge in [-0.1, -0.05) is 35.8 Å². The molecule has 106 valence electrons. The first-order valence-corrected chi connectivity index (χ1v) is 8.76. The molecule has 0 radical (unpaired) electrons. The van der Waals surface area contributed by atoms with E-state index in [-0.39, 0.29) is 11.5 Å². The van der Waals surface area contributed by atoms with Crippen LogP contribution in [0, 0.1) is 12.3 Å². The molecule has 0 aliphatic heterocycles. The fourth-order valence-corrected chi connectivity index (χ4v) is 4.74. The molecule has 3 nitrogen and oxygen atoms in total. The van der Waals surface area contributed by atoms with Gasteiger partial charge < -0.3 is 0 Å². The molecule has 1 saturated carbocycles. The number of nitrogens with one attached hydrogen (secondary N) is 1. The Kier molecular flexibility index (Phi) is 4.10. The number of benzene rings is 1. The maximum atomic E-state index is 12.4. The van der Waals surface area contributed by atoms with E-state index in [1.54, 1.807) is 6.07 Å². The van der Waals surface area contributed by atoms with Gasteiger partial charge in [0.1, 0.15) is 0 Å². The summed E-state index contributed by atoms with van der Waals surface area (Å²) in [6, 6.07) is 5.39. The molecule has 0 amide bonds. The van der Waals surface area contributed by atoms with Gasteiger partial charge in [0.2, 0.25) is 10.0 Å². The number of sulfonamides is 1. The Labute approximate surface area is 124 Å². The smallest absolute Gasteiger partial charge is 0.208 e. The summed E-state index contributed by atoms with van der Waals surface area (Å²) in [7, 11) is -3.43. The van der Waals surface area contributed by atoms with Crippen LogP contribution < -0.4 is 4.72 Å². The molecular formula is C14H20BrNO2S. The second-order valence-electron chi connectivity index (χ2n) is 6.14. The van der Waals surface area contributed by atoms with Crippen LogP contribution in [0.25, 0.3) is 0 Å². The zero-order valence-corrected chi connectivity index (χ0v) is 13.9. The lowest BCUT2D eigenvalue weighted by Gasteiger charge is -2.18. The summed E-state index contributed by atoms with van der Waals surface area (Å²) >= 11 is 3.33. The van der Waals surface area contributed by atoms with E-state index in [9.17, 15) is 8.42 Å². The van der Waals surface area contributed by atoms with Crippen LogP contribution in [0.4, 0.5) is 0 Å². The summed E-state index contributed by atoms with van der Waals surface area (Å²) in [6.45, 7) is 6.19. The highest BCUT2D eigenvalue weighted by Crippen LogP contribution is 2.37. The molecule has 0 spiro atoms. The van der Waals surface area contributed by atoms with Gasteiger partial charge in [-0.3, -0.25) is 0 Å². The van der Waals surface area contributed by atoms with Crippen molar-refractivity contribution in [3.8, 4) is 0 Å². The summed E-state index contributed by atoms with van der Waals surface area (Å²) in [5, 5.41) is 0. The molecule has 1 fully saturated rings. The van der Waals surface area contributed by atoms with Gasteiger partial charge in [0.25, 0.3) is 0 Å². The van der Waals surface area contributed by atoms with Crippen LogP contribution in [-0.4, -0.2) is 14.5 Å². The molecule has 19 heavy (non-hydrogen) atoms. The number of hydrogen-bond donors (Lipinski definition) is 1. The van der Waals surface area contributed by atoms with E-state index < -0.39 is 10.0 Å². The molecule has 5 heteroatoms. The van der Waals surface area contributed by atoms with Gasteiger partial charge in [0.05, 0.1) is 4.90 Å². The third-order valence-corrected chi connectivity index (χ3v) is 5.89. The standard InChI is InChI=1S/C14H20BrNO2S/c1-10-4-5-11(15)8-13(10)19(17,18)16-12-6-7-14(2,3)9-12/h4-5,8,12,16H,6-7,9H2,1-3H3. The fraction of sp³-hybridized carbons (Fsp3) is 0.571. The van der Waals surface area contributed by atoms with Gasteiger partial charge in [-0.2, -0.15) is 0 Å². The Morgan fingerprint density at radius 3 is 2.63 bits per heavy atom. The van der Waals surface area contributed by atoms with Crippen LogP contribution >= 0.6 is 15.9 Å². The minimum atomic E-state index is -3.43. The van der Waals surface area contributed by atoms with Gasteiger partial charge in [0, 0.05) is 10.5 Å². The van der Waals surface area contributed by atoms with E-state index in [0.29, 0.717) is 4.90 Å². The Balaban J connectivity index is 2.22. The van der Waals surface area contributed by atoms with Crippen molar-refractivity contribution < 1.29 is 8.42 Å². The van der Waals surface area contributed by atoms with Crippen molar-refractivity contribution in [3.63, 3.8) is 0 Å². The largest absolute Gasteiger partial charge is 0.241 e. The van der Waals surface area contributed by atoms with Crippen LogP contribution in [0.2, 0.25) is 0 Å².